The van der Waals surface area contributed by atoms with E-state index in [1.54, 1.807) is 24.3 Å². The highest BCUT2D eigenvalue weighted by atomic mass is 19.3. The summed E-state index contributed by atoms with van der Waals surface area (Å²) >= 11 is 0. The van der Waals surface area contributed by atoms with Gasteiger partial charge in [0.25, 0.3) is 5.92 Å². The van der Waals surface area contributed by atoms with Crippen LogP contribution in [0.25, 0.3) is 0 Å². The highest BCUT2D eigenvalue weighted by Crippen LogP contribution is 2.41. The zero-order chi connectivity index (χ0) is 21.0. The molecule has 1 fully saturated rings. The Balaban J connectivity index is 1.61. The number of hydrogen-bond donors (Lipinski definition) is 2. The maximum Gasteiger partial charge on any atom is 0.413 e. The molecule has 1 aliphatic rings. The molecule has 1 amide bonds. The van der Waals surface area contributed by atoms with E-state index in [9.17, 15) is 18.4 Å². The predicted molar refractivity (Wildman–Crippen MR) is 95.9 cm³/mol. The number of alkyl halides is 2. The number of hydrogen-bond acceptors (Lipinski definition) is 7. The molecule has 1 aromatic heterocycles. The first-order valence-electron chi connectivity index (χ1n) is 8.62. The number of halogens is 2. The minimum atomic E-state index is -3.34. The fourth-order valence-electron chi connectivity index (χ4n) is 2.78. The van der Waals surface area contributed by atoms with E-state index in [1.807, 2.05) is 0 Å². The average Bonchev–Trinajstić information content (AvgIpc) is 3.01. The molecule has 11 heteroatoms. The van der Waals surface area contributed by atoms with Gasteiger partial charge in [0.15, 0.2) is 0 Å². The van der Waals surface area contributed by atoms with E-state index in [1.165, 1.54) is 13.2 Å². The van der Waals surface area contributed by atoms with Crippen molar-refractivity contribution < 1.29 is 32.9 Å². The topological polar surface area (TPSA) is 112 Å². The molecule has 0 saturated carbocycles. The number of amides is 1. The number of nitrogens with one attached hydrogen (secondary N) is 1. The summed E-state index contributed by atoms with van der Waals surface area (Å²) in [7, 11) is 1.53. The van der Waals surface area contributed by atoms with Crippen LogP contribution >= 0.6 is 0 Å². The van der Waals surface area contributed by atoms with Gasteiger partial charge in [0.2, 0.25) is 6.23 Å². The zero-order valence-electron chi connectivity index (χ0n) is 15.4. The number of benzene rings is 1. The molecule has 0 bridgehead atoms. The fourth-order valence-corrected chi connectivity index (χ4v) is 2.78. The molecule has 0 aliphatic carbocycles. The van der Waals surface area contributed by atoms with Crippen molar-refractivity contribution >= 4 is 11.9 Å². The highest BCUT2D eigenvalue weighted by Gasteiger charge is 2.51. The molecule has 9 nitrogen and oxygen atoms in total. The van der Waals surface area contributed by atoms with Gasteiger partial charge in [0, 0.05) is 12.6 Å². The van der Waals surface area contributed by atoms with E-state index >= 15 is 0 Å². The summed E-state index contributed by atoms with van der Waals surface area (Å²) in [5, 5.41) is 11.3. The maximum absolute atomic E-state index is 14.0. The SMILES string of the molecule is COc1ccc(COC(=O)Nc2ccn(C3OC(CO)CC3(F)F)c(=O)n2)cc1. The third kappa shape index (κ3) is 4.87. The van der Waals surface area contributed by atoms with Crippen molar-refractivity contribution in [2.45, 2.75) is 31.3 Å². The molecule has 1 aromatic carbocycles. The van der Waals surface area contributed by atoms with Crippen LogP contribution in [0.4, 0.5) is 19.4 Å². The van der Waals surface area contributed by atoms with Gasteiger partial charge >= 0.3 is 11.8 Å². The molecule has 3 rings (SSSR count). The van der Waals surface area contributed by atoms with Crippen LogP contribution in [-0.4, -0.2) is 46.5 Å². The number of carbonyl (C=O) groups is 1. The van der Waals surface area contributed by atoms with Gasteiger partial charge in [-0.2, -0.15) is 4.98 Å². The van der Waals surface area contributed by atoms with Gasteiger partial charge in [-0.1, -0.05) is 12.1 Å². The molecule has 29 heavy (non-hydrogen) atoms. The summed E-state index contributed by atoms with van der Waals surface area (Å²) in [6.07, 6.45) is -3.50. The standard InChI is InChI=1S/C18H19F2N3O6/c1-27-12-4-2-11(3-5-12)10-28-17(26)22-14-6-7-23(16(25)21-14)15-18(19,20)8-13(9-24)29-15/h2-7,13,15,24H,8-10H2,1H3,(H,21,22,25,26). The summed E-state index contributed by atoms with van der Waals surface area (Å²) in [4.78, 5) is 27.5. The van der Waals surface area contributed by atoms with Crippen LogP contribution < -0.4 is 15.7 Å². The van der Waals surface area contributed by atoms with Crippen LogP contribution in [0.3, 0.4) is 0 Å². The first-order valence-corrected chi connectivity index (χ1v) is 8.62. The summed E-state index contributed by atoms with van der Waals surface area (Å²) in [6.45, 7) is -0.620. The maximum atomic E-state index is 14.0. The molecule has 2 N–H and O–H groups in total. The monoisotopic (exact) mass is 411 g/mol. The van der Waals surface area contributed by atoms with E-state index in [2.05, 4.69) is 10.3 Å². The van der Waals surface area contributed by atoms with E-state index in [0.29, 0.717) is 15.9 Å². The molecule has 156 valence electrons. The summed E-state index contributed by atoms with van der Waals surface area (Å²) in [5.74, 6) is -2.85. The Morgan fingerprint density at radius 2 is 2.10 bits per heavy atom. The van der Waals surface area contributed by atoms with Crippen molar-refractivity contribution in [3.63, 3.8) is 0 Å². The van der Waals surface area contributed by atoms with E-state index < -0.39 is 43.1 Å². The highest BCUT2D eigenvalue weighted by molar-refractivity contribution is 5.83. The number of aromatic nitrogens is 2. The molecule has 2 atom stereocenters. The number of ether oxygens (including phenoxy) is 3. The molecule has 1 aliphatic heterocycles. The van der Waals surface area contributed by atoms with Crippen LogP contribution in [0.2, 0.25) is 0 Å². The van der Waals surface area contributed by atoms with Crippen LogP contribution in [0.5, 0.6) is 5.75 Å². The third-order valence-corrected chi connectivity index (χ3v) is 4.23. The van der Waals surface area contributed by atoms with Gasteiger partial charge in [-0.25, -0.2) is 18.4 Å². The number of aliphatic hydroxyl groups is 1. The van der Waals surface area contributed by atoms with Gasteiger partial charge in [0.05, 0.1) is 19.8 Å². The van der Waals surface area contributed by atoms with Crippen LogP contribution in [0.15, 0.2) is 41.3 Å². The van der Waals surface area contributed by atoms with Crippen LogP contribution in [-0.2, 0) is 16.1 Å². The Morgan fingerprint density at radius 1 is 1.38 bits per heavy atom. The minimum Gasteiger partial charge on any atom is -0.497 e. The number of rotatable bonds is 6. The Morgan fingerprint density at radius 3 is 2.69 bits per heavy atom. The molecule has 0 radical (unpaired) electrons. The molecule has 1 saturated heterocycles. The molecule has 2 unspecified atom stereocenters. The van der Waals surface area contributed by atoms with Crippen molar-refractivity contribution in [2.24, 2.45) is 0 Å². The Labute approximate surface area is 163 Å². The first-order chi connectivity index (χ1) is 13.8. The van der Waals surface area contributed by atoms with E-state index in [0.717, 1.165) is 6.20 Å². The molecular weight excluding hydrogens is 392 g/mol. The molecular formula is C18H19F2N3O6. The van der Waals surface area contributed by atoms with Gasteiger partial charge in [-0.3, -0.25) is 9.88 Å². The number of methoxy groups -OCH3 is 1. The van der Waals surface area contributed by atoms with E-state index in [-0.39, 0.29) is 12.4 Å². The lowest BCUT2D eigenvalue weighted by atomic mass is 10.2. The number of aliphatic hydroxyl groups excluding tert-OH is 1. The second-order valence-corrected chi connectivity index (χ2v) is 6.31. The lowest BCUT2D eigenvalue weighted by molar-refractivity contribution is -0.120. The number of nitrogens with zero attached hydrogens (tertiary/aromatic N) is 2. The Hall–Kier alpha value is -3.05. The van der Waals surface area contributed by atoms with Crippen molar-refractivity contribution in [3.05, 3.63) is 52.6 Å². The minimum absolute atomic E-state index is 0.0302. The van der Waals surface area contributed by atoms with Crippen molar-refractivity contribution in [2.75, 3.05) is 19.0 Å². The van der Waals surface area contributed by atoms with Crippen molar-refractivity contribution in [3.8, 4) is 5.75 Å². The number of carbonyl (C=O) groups excluding carboxylic acids is 1. The largest absolute Gasteiger partial charge is 0.497 e. The van der Waals surface area contributed by atoms with Gasteiger partial charge < -0.3 is 19.3 Å². The molecule has 2 heterocycles. The summed E-state index contributed by atoms with van der Waals surface area (Å²) < 4.78 is 43.7. The normalized spacial score (nSPS) is 20.3. The molecule has 0 spiro atoms. The summed E-state index contributed by atoms with van der Waals surface area (Å²) in [5.41, 5.74) is -0.329. The number of anilines is 1. The van der Waals surface area contributed by atoms with Crippen LogP contribution in [0, 0.1) is 0 Å². The third-order valence-electron chi connectivity index (χ3n) is 4.23. The lowest BCUT2D eigenvalue weighted by Crippen LogP contribution is -2.35. The zero-order valence-corrected chi connectivity index (χ0v) is 15.4. The second-order valence-electron chi connectivity index (χ2n) is 6.31. The summed E-state index contributed by atoms with van der Waals surface area (Å²) in [6, 6.07) is 8.02. The fraction of sp³-hybridized carbons (Fsp3) is 0.389. The van der Waals surface area contributed by atoms with E-state index in [4.69, 9.17) is 19.3 Å². The first kappa shape index (κ1) is 20.7. The van der Waals surface area contributed by atoms with Gasteiger partial charge in [0.1, 0.15) is 18.2 Å². The molecule has 2 aromatic rings. The quantitative estimate of drug-likeness (QED) is 0.747. The smallest absolute Gasteiger partial charge is 0.413 e. The van der Waals surface area contributed by atoms with Crippen molar-refractivity contribution in [1.82, 2.24) is 9.55 Å². The van der Waals surface area contributed by atoms with Crippen LogP contribution in [0.1, 0.15) is 18.2 Å². The van der Waals surface area contributed by atoms with Gasteiger partial charge in [-0.05, 0) is 23.8 Å². The predicted octanol–water partition coefficient (Wildman–Crippen LogP) is 1.92. The second kappa shape index (κ2) is 8.53. The van der Waals surface area contributed by atoms with Crippen molar-refractivity contribution in [1.29, 1.82) is 0 Å². The van der Waals surface area contributed by atoms with Gasteiger partial charge in [-0.15, -0.1) is 0 Å². The lowest BCUT2D eigenvalue weighted by Gasteiger charge is -2.19. The Bertz CT molecular complexity index is 919. The Kier molecular flexibility index (Phi) is 6.09. The average molecular weight is 411 g/mol.